The van der Waals surface area contributed by atoms with Crippen molar-refractivity contribution in [2.45, 2.75) is 6.54 Å². The third-order valence-corrected chi connectivity index (χ3v) is 4.85. The van der Waals surface area contributed by atoms with Gasteiger partial charge in [0.1, 0.15) is 0 Å². The van der Waals surface area contributed by atoms with Gasteiger partial charge < -0.3 is 14.5 Å². The van der Waals surface area contributed by atoms with Crippen LogP contribution in [0.1, 0.15) is 26.7 Å². The number of aromatic nitrogens is 2. The lowest BCUT2D eigenvalue weighted by Gasteiger charge is -2.26. The van der Waals surface area contributed by atoms with E-state index in [4.69, 9.17) is 4.74 Å². The fourth-order valence-electron chi connectivity index (χ4n) is 3.36. The quantitative estimate of drug-likeness (QED) is 0.697. The fourth-order valence-corrected chi connectivity index (χ4v) is 3.36. The lowest BCUT2D eigenvalue weighted by Crippen LogP contribution is -2.41. The van der Waals surface area contributed by atoms with Gasteiger partial charge in [-0.1, -0.05) is 36.4 Å². The molecule has 0 unspecified atom stereocenters. The largest absolute Gasteiger partial charge is 0.378 e. The lowest BCUT2D eigenvalue weighted by molar-refractivity contribution is 0.0300. The highest BCUT2D eigenvalue weighted by molar-refractivity contribution is 6.02. The van der Waals surface area contributed by atoms with Crippen LogP contribution in [0, 0.1) is 0 Å². The summed E-state index contributed by atoms with van der Waals surface area (Å²) in [5, 5.41) is 0. The molecule has 1 aliphatic rings. The Labute approximate surface area is 163 Å². The highest BCUT2D eigenvalue weighted by atomic mass is 16.5. The van der Waals surface area contributed by atoms with Crippen molar-refractivity contribution in [2.75, 3.05) is 33.4 Å². The molecule has 144 valence electrons. The van der Waals surface area contributed by atoms with E-state index in [0.29, 0.717) is 44.1 Å². The number of imidazole rings is 1. The maximum absolute atomic E-state index is 13.1. The van der Waals surface area contributed by atoms with Gasteiger partial charge in [0.05, 0.1) is 18.7 Å². The molecule has 1 aromatic carbocycles. The first kappa shape index (κ1) is 18.2. The Hall–Kier alpha value is -3.19. The molecular weight excluding hydrogens is 356 g/mol. The zero-order chi connectivity index (χ0) is 19.5. The number of pyridine rings is 1. The summed E-state index contributed by atoms with van der Waals surface area (Å²) in [5.41, 5.74) is 1.97. The highest BCUT2D eigenvalue weighted by Crippen LogP contribution is 2.18. The molecule has 0 atom stereocenters. The molecule has 3 heterocycles. The lowest BCUT2D eigenvalue weighted by atomic mass is 10.2. The number of benzene rings is 1. The van der Waals surface area contributed by atoms with Gasteiger partial charge in [-0.2, -0.15) is 0 Å². The topological polar surface area (TPSA) is 67.2 Å². The van der Waals surface area contributed by atoms with Crippen LogP contribution in [0.25, 0.3) is 5.52 Å². The number of hydrogen-bond acceptors (Lipinski definition) is 4. The predicted octanol–water partition coefficient (Wildman–Crippen LogP) is 2.08. The van der Waals surface area contributed by atoms with Crippen LogP contribution in [0.5, 0.6) is 0 Å². The van der Waals surface area contributed by atoms with Gasteiger partial charge in [-0.25, -0.2) is 4.98 Å². The molecule has 4 rings (SSSR count). The molecule has 0 aliphatic carbocycles. The Morgan fingerprint density at radius 3 is 2.54 bits per heavy atom. The summed E-state index contributed by atoms with van der Waals surface area (Å²) >= 11 is 0. The van der Waals surface area contributed by atoms with Gasteiger partial charge in [0.25, 0.3) is 11.8 Å². The first-order chi connectivity index (χ1) is 13.6. The normalized spacial score (nSPS) is 14.2. The van der Waals surface area contributed by atoms with Crippen molar-refractivity contribution < 1.29 is 14.3 Å². The monoisotopic (exact) mass is 378 g/mol. The molecule has 1 fully saturated rings. The molecule has 7 nitrogen and oxygen atoms in total. The van der Waals surface area contributed by atoms with Crippen LogP contribution in [0.4, 0.5) is 0 Å². The molecular formula is C21H22N4O3. The van der Waals surface area contributed by atoms with Crippen LogP contribution in [0.15, 0.2) is 54.7 Å². The van der Waals surface area contributed by atoms with Crippen LogP contribution in [0.2, 0.25) is 0 Å². The van der Waals surface area contributed by atoms with Crippen LogP contribution < -0.4 is 0 Å². The number of amides is 2. The predicted molar refractivity (Wildman–Crippen MR) is 104 cm³/mol. The Bertz CT molecular complexity index is 993. The zero-order valence-electron chi connectivity index (χ0n) is 15.7. The summed E-state index contributed by atoms with van der Waals surface area (Å²) in [6, 6.07) is 15.3. The second-order valence-corrected chi connectivity index (χ2v) is 6.79. The van der Waals surface area contributed by atoms with Crippen molar-refractivity contribution >= 4 is 17.3 Å². The molecule has 0 bridgehead atoms. The molecule has 7 heteroatoms. The van der Waals surface area contributed by atoms with Gasteiger partial charge in [0.2, 0.25) is 5.82 Å². The van der Waals surface area contributed by atoms with Crippen LogP contribution in [-0.2, 0) is 11.3 Å². The number of hydrogen-bond donors (Lipinski definition) is 0. The minimum absolute atomic E-state index is 0.170. The number of carbonyl (C=O) groups is 2. The second kappa shape index (κ2) is 7.82. The van der Waals surface area contributed by atoms with E-state index in [0.717, 1.165) is 5.56 Å². The average molecular weight is 378 g/mol. The Balaban J connectivity index is 1.65. The van der Waals surface area contributed by atoms with Crippen molar-refractivity contribution in [3.8, 4) is 0 Å². The zero-order valence-corrected chi connectivity index (χ0v) is 15.7. The number of rotatable bonds is 4. The van der Waals surface area contributed by atoms with Crippen molar-refractivity contribution in [2.24, 2.45) is 0 Å². The van der Waals surface area contributed by atoms with Gasteiger partial charge in [0.15, 0.2) is 5.69 Å². The van der Waals surface area contributed by atoms with Gasteiger partial charge in [0, 0.05) is 32.9 Å². The summed E-state index contributed by atoms with van der Waals surface area (Å²) in [5.74, 6) is -0.159. The average Bonchev–Trinajstić information content (AvgIpc) is 3.13. The fraction of sp³-hybridized carbons (Fsp3) is 0.286. The summed E-state index contributed by atoms with van der Waals surface area (Å²) in [4.78, 5) is 33.9. The molecule has 1 aliphatic heterocycles. The van der Waals surface area contributed by atoms with Gasteiger partial charge in [-0.15, -0.1) is 0 Å². The van der Waals surface area contributed by atoms with Gasteiger partial charge >= 0.3 is 0 Å². The first-order valence-corrected chi connectivity index (χ1v) is 9.28. The maximum atomic E-state index is 13.1. The van der Waals surface area contributed by atoms with E-state index in [2.05, 4.69) is 4.98 Å². The standard InChI is InChI=1S/C21H22N4O3/c1-23(15-16-7-3-2-4-8-16)21(27)19-22-18(17-9-5-6-10-25(17)19)20(26)24-11-13-28-14-12-24/h2-10H,11-15H2,1H3. The molecule has 28 heavy (non-hydrogen) atoms. The van der Waals surface area contributed by atoms with E-state index in [1.807, 2.05) is 48.5 Å². The SMILES string of the molecule is CN(Cc1ccccc1)C(=O)c1nc(C(=O)N2CCOCC2)c2ccccn12. The molecule has 0 radical (unpaired) electrons. The third-order valence-electron chi connectivity index (χ3n) is 4.85. The van der Waals surface area contributed by atoms with Crippen molar-refractivity contribution in [1.29, 1.82) is 0 Å². The van der Waals surface area contributed by atoms with Crippen molar-refractivity contribution in [1.82, 2.24) is 19.2 Å². The number of ether oxygens (including phenoxy) is 1. The Kier molecular flexibility index (Phi) is 5.08. The molecule has 0 N–H and O–H groups in total. The summed E-state index contributed by atoms with van der Waals surface area (Å²) in [6.07, 6.45) is 1.77. The van der Waals surface area contributed by atoms with Gasteiger partial charge in [-0.3, -0.25) is 14.0 Å². The minimum atomic E-state index is -0.230. The number of nitrogens with zero attached hydrogens (tertiary/aromatic N) is 4. The van der Waals surface area contributed by atoms with Crippen LogP contribution in [-0.4, -0.2) is 64.3 Å². The Morgan fingerprint density at radius 2 is 1.79 bits per heavy atom. The van der Waals surface area contributed by atoms with E-state index in [9.17, 15) is 9.59 Å². The van der Waals surface area contributed by atoms with E-state index >= 15 is 0 Å². The smallest absolute Gasteiger partial charge is 0.290 e. The number of morpholine rings is 1. The van der Waals surface area contributed by atoms with Crippen LogP contribution >= 0.6 is 0 Å². The summed E-state index contributed by atoms with van der Waals surface area (Å²) in [6.45, 7) is 2.56. The summed E-state index contributed by atoms with van der Waals surface area (Å²) < 4.78 is 7.02. The van der Waals surface area contributed by atoms with E-state index in [-0.39, 0.29) is 17.6 Å². The molecule has 2 aromatic heterocycles. The number of carbonyl (C=O) groups excluding carboxylic acids is 2. The molecule has 0 saturated carbocycles. The maximum Gasteiger partial charge on any atom is 0.290 e. The molecule has 2 amide bonds. The number of fused-ring (bicyclic) bond motifs is 1. The summed E-state index contributed by atoms with van der Waals surface area (Å²) in [7, 11) is 1.74. The Morgan fingerprint density at radius 1 is 1.07 bits per heavy atom. The molecule has 1 saturated heterocycles. The first-order valence-electron chi connectivity index (χ1n) is 9.28. The van der Waals surface area contributed by atoms with E-state index in [1.165, 1.54) is 0 Å². The second-order valence-electron chi connectivity index (χ2n) is 6.79. The minimum Gasteiger partial charge on any atom is -0.378 e. The third kappa shape index (κ3) is 3.48. The van der Waals surface area contributed by atoms with Crippen LogP contribution in [0.3, 0.4) is 0 Å². The molecule has 3 aromatic rings. The van der Waals surface area contributed by atoms with E-state index < -0.39 is 0 Å². The van der Waals surface area contributed by atoms with E-state index in [1.54, 1.807) is 27.4 Å². The van der Waals surface area contributed by atoms with Crippen molar-refractivity contribution in [3.63, 3.8) is 0 Å². The van der Waals surface area contributed by atoms with Gasteiger partial charge in [-0.05, 0) is 17.7 Å². The van der Waals surface area contributed by atoms with Crippen molar-refractivity contribution in [3.05, 3.63) is 71.8 Å². The highest BCUT2D eigenvalue weighted by Gasteiger charge is 2.27. The molecule has 0 spiro atoms.